The van der Waals surface area contributed by atoms with Crippen molar-refractivity contribution in [2.45, 2.75) is 66.5 Å². The van der Waals surface area contributed by atoms with Crippen molar-refractivity contribution < 1.29 is 9.53 Å². The van der Waals surface area contributed by atoms with Crippen molar-refractivity contribution in [3.63, 3.8) is 0 Å². The Morgan fingerprint density at radius 1 is 1.22 bits per heavy atom. The monoisotopic (exact) mass is 258 g/mol. The van der Waals surface area contributed by atoms with Crippen LogP contribution in [0.3, 0.4) is 0 Å². The number of nitrogens with two attached hydrogens (primary N) is 1. The van der Waals surface area contributed by atoms with Crippen molar-refractivity contribution >= 4 is 6.09 Å². The zero-order chi connectivity index (χ0) is 14.6. The lowest BCUT2D eigenvalue weighted by atomic mass is 9.82. The predicted molar refractivity (Wildman–Crippen MR) is 75.4 cm³/mol. The molecule has 0 saturated carbocycles. The summed E-state index contributed by atoms with van der Waals surface area (Å²) in [7, 11) is 0. The second kappa shape index (κ2) is 6.41. The number of hydrogen-bond acceptors (Lipinski definition) is 3. The molecule has 0 aromatic carbocycles. The fourth-order valence-electron chi connectivity index (χ4n) is 1.59. The van der Waals surface area contributed by atoms with Crippen molar-refractivity contribution in [3.8, 4) is 0 Å². The van der Waals surface area contributed by atoms with Gasteiger partial charge in [0.25, 0.3) is 0 Å². The molecular formula is C14H30N2O2. The van der Waals surface area contributed by atoms with E-state index in [0.717, 1.165) is 6.42 Å². The molecule has 0 bridgehead atoms. The molecular weight excluding hydrogens is 228 g/mol. The molecule has 0 rings (SSSR count). The quantitative estimate of drug-likeness (QED) is 0.797. The Morgan fingerprint density at radius 3 is 2.06 bits per heavy atom. The number of amides is 1. The third-order valence-corrected chi connectivity index (χ3v) is 2.83. The van der Waals surface area contributed by atoms with Crippen molar-refractivity contribution in [1.29, 1.82) is 0 Å². The van der Waals surface area contributed by atoms with E-state index in [-0.39, 0.29) is 17.6 Å². The Kier molecular flexibility index (Phi) is 6.14. The Bertz CT molecular complexity index is 267. The van der Waals surface area contributed by atoms with Gasteiger partial charge in [0.05, 0.1) is 0 Å². The van der Waals surface area contributed by atoms with E-state index >= 15 is 0 Å². The Morgan fingerprint density at radius 2 is 1.72 bits per heavy atom. The number of rotatable bonds is 5. The highest BCUT2D eigenvalue weighted by atomic mass is 16.6. The number of alkyl carbamates (subject to hydrolysis) is 1. The molecule has 0 heterocycles. The first-order chi connectivity index (χ1) is 7.97. The van der Waals surface area contributed by atoms with Crippen LogP contribution in [0.15, 0.2) is 0 Å². The summed E-state index contributed by atoms with van der Waals surface area (Å²) >= 11 is 0. The number of carbonyl (C=O) groups is 1. The van der Waals surface area contributed by atoms with Gasteiger partial charge < -0.3 is 15.8 Å². The molecule has 18 heavy (non-hydrogen) atoms. The molecule has 4 nitrogen and oxygen atoms in total. The van der Waals surface area contributed by atoms with Gasteiger partial charge in [-0.25, -0.2) is 4.79 Å². The highest BCUT2D eigenvalue weighted by molar-refractivity contribution is 5.68. The van der Waals surface area contributed by atoms with Crippen LogP contribution in [-0.4, -0.2) is 24.3 Å². The third-order valence-electron chi connectivity index (χ3n) is 2.83. The molecule has 0 radical (unpaired) electrons. The Labute approximate surface area is 112 Å². The van der Waals surface area contributed by atoms with Gasteiger partial charge in [-0.1, -0.05) is 27.7 Å². The van der Waals surface area contributed by atoms with E-state index in [1.54, 1.807) is 0 Å². The normalized spacial score (nSPS) is 14.5. The highest BCUT2D eigenvalue weighted by Crippen LogP contribution is 2.24. The molecule has 3 N–H and O–H groups in total. The van der Waals surface area contributed by atoms with Crippen molar-refractivity contribution in [1.82, 2.24) is 5.32 Å². The van der Waals surface area contributed by atoms with Gasteiger partial charge in [0.2, 0.25) is 0 Å². The molecule has 0 saturated heterocycles. The fourth-order valence-corrected chi connectivity index (χ4v) is 1.59. The minimum absolute atomic E-state index is 0.0178. The molecule has 0 aliphatic heterocycles. The minimum Gasteiger partial charge on any atom is -0.444 e. The number of ether oxygens (including phenoxy) is 1. The molecule has 1 atom stereocenters. The van der Waals surface area contributed by atoms with Gasteiger partial charge in [-0.3, -0.25) is 0 Å². The van der Waals surface area contributed by atoms with Crippen molar-refractivity contribution in [3.05, 3.63) is 0 Å². The van der Waals surface area contributed by atoms with Crippen LogP contribution in [0.5, 0.6) is 0 Å². The van der Waals surface area contributed by atoms with Crippen molar-refractivity contribution in [2.24, 2.45) is 17.1 Å². The lowest BCUT2D eigenvalue weighted by Crippen LogP contribution is -2.45. The summed E-state index contributed by atoms with van der Waals surface area (Å²) in [5.74, 6) is 0.350. The van der Waals surface area contributed by atoms with Crippen LogP contribution < -0.4 is 11.1 Å². The molecule has 1 unspecified atom stereocenters. The highest BCUT2D eigenvalue weighted by Gasteiger charge is 2.27. The largest absolute Gasteiger partial charge is 0.444 e. The molecule has 0 aliphatic carbocycles. The van der Waals surface area contributed by atoms with Crippen molar-refractivity contribution in [2.75, 3.05) is 6.54 Å². The summed E-state index contributed by atoms with van der Waals surface area (Å²) in [6, 6.07) is 0.0819. The summed E-state index contributed by atoms with van der Waals surface area (Å²) in [6.45, 7) is 14.6. The van der Waals surface area contributed by atoms with E-state index in [2.05, 4.69) is 33.0 Å². The number of carbonyl (C=O) groups excluding carboxylic acids is 1. The maximum Gasteiger partial charge on any atom is 0.407 e. The van der Waals surface area contributed by atoms with Gasteiger partial charge in [0.15, 0.2) is 0 Å². The molecule has 0 fully saturated rings. The first-order valence-electron chi connectivity index (χ1n) is 6.66. The zero-order valence-corrected chi connectivity index (χ0v) is 13.0. The van der Waals surface area contributed by atoms with Gasteiger partial charge in [0, 0.05) is 6.04 Å². The average Bonchev–Trinajstić information content (AvgIpc) is 2.13. The second-order valence-electron chi connectivity index (χ2n) is 7.07. The summed E-state index contributed by atoms with van der Waals surface area (Å²) in [5.41, 5.74) is 5.30. The maximum atomic E-state index is 11.8. The predicted octanol–water partition coefficient (Wildman–Crippen LogP) is 2.91. The third kappa shape index (κ3) is 7.54. The fraction of sp³-hybridized carbons (Fsp3) is 0.929. The van der Waals surface area contributed by atoms with Crippen LogP contribution in [0, 0.1) is 11.3 Å². The van der Waals surface area contributed by atoms with Crippen LogP contribution in [0.2, 0.25) is 0 Å². The smallest absolute Gasteiger partial charge is 0.407 e. The van der Waals surface area contributed by atoms with Crippen LogP contribution in [0.25, 0.3) is 0 Å². The Balaban J connectivity index is 4.51. The minimum atomic E-state index is -0.463. The van der Waals surface area contributed by atoms with E-state index in [0.29, 0.717) is 12.5 Å². The standard InChI is InChI=1S/C14H30N2O2/c1-10(2)11(8-14(6,7)9-15)16-12(17)18-13(3,4)5/h10-11H,8-9,15H2,1-7H3,(H,16,17). The molecule has 4 heteroatoms. The maximum absolute atomic E-state index is 11.8. The summed E-state index contributed by atoms with van der Waals surface area (Å²) in [5, 5.41) is 2.95. The molecule has 0 spiro atoms. The van der Waals surface area contributed by atoms with E-state index in [4.69, 9.17) is 10.5 Å². The second-order valence-corrected chi connectivity index (χ2v) is 7.07. The van der Waals surface area contributed by atoms with E-state index in [1.807, 2.05) is 20.8 Å². The molecule has 0 aromatic heterocycles. The molecule has 0 aliphatic rings. The summed E-state index contributed by atoms with van der Waals surface area (Å²) in [6.07, 6.45) is 0.495. The SMILES string of the molecule is CC(C)C(CC(C)(C)CN)NC(=O)OC(C)(C)C. The lowest BCUT2D eigenvalue weighted by Gasteiger charge is -2.32. The van der Waals surface area contributed by atoms with Gasteiger partial charge in [-0.15, -0.1) is 0 Å². The lowest BCUT2D eigenvalue weighted by molar-refractivity contribution is 0.0473. The van der Waals surface area contributed by atoms with E-state index in [1.165, 1.54) is 0 Å². The number of nitrogens with one attached hydrogen (secondary N) is 1. The van der Waals surface area contributed by atoms with Gasteiger partial charge in [0.1, 0.15) is 5.60 Å². The first kappa shape index (κ1) is 17.2. The summed E-state index contributed by atoms with van der Waals surface area (Å²) < 4.78 is 5.29. The summed E-state index contributed by atoms with van der Waals surface area (Å²) in [4.78, 5) is 11.8. The first-order valence-corrected chi connectivity index (χ1v) is 6.66. The average molecular weight is 258 g/mol. The molecule has 1 amide bonds. The van der Waals surface area contributed by atoms with E-state index < -0.39 is 5.60 Å². The van der Waals surface area contributed by atoms with Gasteiger partial charge >= 0.3 is 6.09 Å². The van der Waals surface area contributed by atoms with Gasteiger partial charge in [-0.2, -0.15) is 0 Å². The van der Waals surface area contributed by atoms with Gasteiger partial charge in [-0.05, 0) is 45.1 Å². The zero-order valence-electron chi connectivity index (χ0n) is 13.0. The van der Waals surface area contributed by atoms with Crippen LogP contribution in [0.1, 0.15) is 54.9 Å². The van der Waals surface area contributed by atoms with Crippen LogP contribution >= 0.6 is 0 Å². The van der Waals surface area contributed by atoms with E-state index in [9.17, 15) is 4.79 Å². The van der Waals surface area contributed by atoms with Crippen LogP contribution in [0.4, 0.5) is 4.79 Å². The Hall–Kier alpha value is -0.770. The molecule has 108 valence electrons. The topological polar surface area (TPSA) is 64.3 Å². The molecule has 0 aromatic rings. The number of hydrogen-bond donors (Lipinski definition) is 2. The van der Waals surface area contributed by atoms with Crippen LogP contribution in [-0.2, 0) is 4.74 Å².